The number of aliphatic hydroxyl groups is 1. The first-order valence-electron chi connectivity index (χ1n) is 9.92. The molecule has 2 rings (SSSR count). The number of halogens is 2. The van der Waals surface area contributed by atoms with Gasteiger partial charge in [0.2, 0.25) is 7.37 Å². The SMILES string of the molecule is CCOP(=O)(CC1CCCCC1)C[C@@H](O)CN[C@@H](C)c1ccc(Cl)c(Cl)c1. The largest absolute Gasteiger partial charge is 0.391 e. The summed E-state index contributed by atoms with van der Waals surface area (Å²) < 4.78 is 18.9. The van der Waals surface area contributed by atoms with Crippen molar-refractivity contribution < 1.29 is 14.2 Å². The first kappa shape index (κ1) is 23.2. The lowest BCUT2D eigenvalue weighted by Crippen LogP contribution is -2.32. The number of nitrogens with one attached hydrogen (secondary N) is 1. The van der Waals surface area contributed by atoms with E-state index in [9.17, 15) is 9.67 Å². The van der Waals surface area contributed by atoms with Gasteiger partial charge in [0.25, 0.3) is 0 Å². The van der Waals surface area contributed by atoms with E-state index in [1.165, 1.54) is 19.3 Å². The summed E-state index contributed by atoms with van der Waals surface area (Å²) in [4.78, 5) is 0. The van der Waals surface area contributed by atoms with Gasteiger partial charge in [0.1, 0.15) is 0 Å². The van der Waals surface area contributed by atoms with Crippen LogP contribution in [0.5, 0.6) is 0 Å². The maximum absolute atomic E-state index is 13.2. The lowest BCUT2D eigenvalue weighted by molar-refractivity contribution is 0.182. The molecular weight excluding hydrogens is 404 g/mol. The van der Waals surface area contributed by atoms with E-state index in [2.05, 4.69) is 5.32 Å². The number of rotatable bonds is 10. The van der Waals surface area contributed by atoms with Gasteiger partial charge in [0, 0.05) is 18.7 Å². The average Bonchev–Trinajstić information content (AvgIpc) is 2.62. The molecule has 3 atom stereocenters. The van der Waals surface area contributed by atoms with Crippen LogP contribution in [0.15, 0.2) is 18.2 Å². The number of benzene rings is 1. The molecule has 0 aliphatic heterocycles. The fourth-order valence-electron chi connectivity index (χ4n) is 3.78. The zero-order chi connectivity index (χ0) is 19.9. The molecule has 0 radical (unpaired) electrons. The van der Waals surface area contributed by atoms with E-state index in [1.807, 2.05) is 26.0 Å². The van der Waals surface area contributed by atoms with Crippen LogP contribution in [0.1, 0.15) is 57.6 Å². The van der Waals surface area contributed by atoms with Gasteiger partial charge in [0.05, 0.1) is 28.9 Å². The summed E-state index contributed by atoms with van der Waals surface area (Å²) in [6.45, 7) is 4.63. The Labute approximate surface area is 173 Å². The topological polar surface area (TPSA) is 58.6 Å². The smallest absolute Gasteiger partial charge is 0.206 e. The molecule has 1 saturated carbocycles. The molecule has 1 aromatic rings. The molecule has 1 unspecified atom stereocenters. The normalized spacial score (nSPS) is 20.2. The van der Waals surface area contributed by atoms with Gasteiger partial charge in [-0.3, -0.25) is 4.57 Å². The predicted octanol–water partition coefficient (Wildman–Crippen LogP) is 5.90. The van der Waals surface area contributed by atoms with Crippen molar-refractivity contribution in [1.82, 2.24) is 5.32 Å². The summed E-state index contributed by atoms with van der Waals surface area (Å²) in [7, 11) is -2.82. The van der Waals surface area contributed by atoms with E-state index in [4.69, 9.17) is 27.7 Å². The maximum Gasteiger partial charge on any atom is 0.206 e. The van der Waals surface area contributed by atoms with Crippen molar-refractivity contribution in [1.29, 1.82) is 0 Å². The lowest BCUT2D eigenvalue weighted by Gasteiger charge is -2.28. The second-order valence-corrected chi connectivity index (χ2v) is 11.0. The number of aliphatic hydroxyl groups excluding tert-OH is 1. The summed E-state index contributed by atoms with van der Waals surface area (Å²) in [5, 5.41) is 14.8. The standard InChI is InChI=1S/C20H32Cl2NO3P/c1-3-26-27(25,13-16-7-5-4-6-8-16)14-18(24)12-23-15(2)17-9-10-19(21)20(22)11-17/h9-11,15-16,18,23-24H,3-8,12-14H2,1-2H3/t15-,18-,27?/m0/s1. The average molecular weight is 436 g/mol. The van der Waals surface area contributed by atoms with Gasteiger partial charge in [-0.25, -0.2) is 0 Å². The van der Waals surface area contributed by atoms with Crippen LogP contribution >= 0.6 is 30.6 Å². The highest BCUT2D eigenvalue weighted by atomic mass is 35.5. The van der Waals surface area contributed by atoms with E-state index in [-0.39, 0.29) is 12.2 Å². The minimum Gasteiger partial charge on any atom is -0.391 e. The molecular formula is C20H32Cl2NO3P. The van der Waals surface area contributed by atoms with Crippen LogP contribution in [0, 0.1) is 5.92 Å². The Kier molecular flexibility index (Phi) is 9.61. The maximum atomic E-state index is 13.2. The fraction of sp³-hybridized carbons (Fsp3) is 0.700. The van der Waals surface area contributed by atoms with Crippen LogP contribution in [0.2, 0.25) is 10.0 Å². The van der Waals surface area contributed by atoms with Crippen LogP contribution in [-0.2, 0) is 9.09 Å². The fourth-order valence-corrected chi connectivity index (χ4v) is 6.84. The van der Waals surface area contributed by atoms with Crippen molar-refractivity contribution in [2.45, 2.75) is 58.1 Å². The van der Waals surface area contributed by atoms with Gasteiger partial charge in [-0.15, -0.1) is 0 Å². The molecule has 1 aliphatic rings. The molecule has 7 heteroatoms. The summed E-state index contributed by atoms with van der Waals surface area (Å²) in [5.74, 6) is 0.464. The Balaban J connectivity index is 1.87. The number of hydrogen-bond acceptors (Lipinski definition) is 4. The van der Waals surface area contributed by atoms with Crippen molar-refractivity contribution in [3.8, 4) is 0 Å². The molecule has 0 aromatic heterocycles. The molecule has 0 heterocycles. The zero-order valence-electron chi connectivity index (χ0n) is 16.3. The first-order chi connectivity index (χ1) is 12.8. The predicted molar refractivity (Wildman–Crippen MR) is 114 cm³/mol. The van der Waals surface area contributed by atoms with E-state index in [0.29, 0.717) is 35.3 Å². The molecule has 1 fully saturated rings. The highest BCUT2D eigenvalue weighted by Crippen LogP contribution is 2.51. The Morgan fingerprint density at radius 2 is 1.96 bits per heavy atom. The summed E-state index contributed by atoms with van der Waals surface area (Å²) in [6, 6.07) is 5.50. The van der Waals surface area contributed by atoms with Gasteiger partial charge in [-0.2, -0.15) is 0 Å². The van der Waals surface area contributed by atoms with Crippen molar-refractivity contribution in [3.05, 3.63) is 33.8 Å². The van der Waals surface area contributed by atoms with Crippen LogP contribution in [0.4, 0.5) is 0 Å². The van der Waals surface area contributed by atoms with E-state index >= 15 is 0 Å². The third-order valence-electron chi connectivity index (χ3n) is 5.22. The van der Waals surface area contributed by atoms with Gasteiger partial charge in [0.15, 0.2) is 0 Å². The lowest BCUT2D eigenvalue weighted by atomic mass is 9.91. The zero-order valence-corrected chi connectivity index (χ0v) is 18.7. The second kappa shape index (κ2) is 11.2. The molecule has 1 aliphatic carbocycles. The molecule has 4 nitrogen and oxygen atoms in total. The van der Waals surface area contributed by atoms with E-state index in [0.717, 1.165) is 18.4 Å². The molecule has 0 bridgehead atoms. The minimum atomic E-state index is -2.82. The monoisotopic (exact) mass is 435 g/mol. The summed E-state index contributed by atoms with van der Waals surface area (Å²) in [5.41, 5.74) is 0.992. The molecule has 0 spiro atoms. The van der Waals surface area contributed by atoms with Gasteiger partial charge < -0.3 is 14.9 Å². The van der Waals surface area contributed by atoms with Crippen LogP contribution < -0.4 is 5.32 Å². The first-order valence-corrected chi connectivity index (χ1v) is 12.7. The van der Waals surface area contributed by atoms with Crippen LogP contribution in [-0.4, -0.2) is 36.7 Å². The summed E-state index contributed by atoms with van der Waals surface area (Å²) >= 11 is 12.0. The van der Waals surface area contributed by atoms with E-state index < -0.39 is 13.5 Å². The quantitative estimate of drug-likeness (QED) is 0.449. The Morgan fingerprint density at radius 3 is 2.59 bits per heavy atom. The molecule has 0 saturated heterocycles. The van der Waals surface area contributed by atoms with Crippen LogP contribution in [0.3, 0.4) is 0 Å². The van der Waals surface area contributed by atoms with Crippen molar-refractivity contribution in [3.63, 3.8) is 0 Å². The molecule has 154 valence electrons. The van der Waals surface area contributed by atoms with Crippen molar-refractivity contribution in [2.75, 3.05) is 25.5 Å². The third kappa shape index (κ3) is 7.68. The van der Waals surface area contributed by atoms with Crippen LogP contribution in [0.25, 0.3) is 0 Å². The Bertz CT molecular complexity index is 638. The number of hydrogen-bond donors (Lipinski definition) is 2. The molecule has 27 heavy (non-hydrogen) atoms. The second-order valence-electron chi connectivity index (χ2n) is 7.56. The highest BCUT2D eigenvalue weighted by Gasteiger charge is 2.31. The van der Waals surface area contributed by atoms with Gasteiger partial charge >= 0.3 is 0 Å². The van der Waals surface area contributed by atoms with E-state index in [1.54, 1.807) is 6.07 Å². The summed E-state index contributed by atoms with van der Waals surface area (Å²) in [6.07, 6.45) is 6.04. The van der Waals surface area contributed by atoms with Crippen molar-refractivity contribution >= 4 is 30.6 Å². The van der Waals surface area contributed by atoms with Crippen molar-refractivity contribution in [2.24, 2.45) is 5.92 Å². The van der Waals surface area contributed by atoms with Gasteiger partial charge in [-0.05, 0) is 50.3 Å². The van der Waals surface area contributed by atoms with Gasteiger partial charge in [-0.1, -0.05) is 48.5 Å². The third-order valence-corrected chi connectivity index (χ3v) is 8.74. The molecule has 0 amide bonds. The Hall–Kier alpha value is -0.0900. The Morgan fingerprint density at radius 1 is 1.26 bits per heavy atom. The molecule has 2 N–H and O–H groups in total. The molecule has 1 aromatic carbocycles. The minimum absolute atomic E-state index is 0.000704. The highest BCUT2D eigenvalue weighted by molar-refractivity contribution is 7.59.